The molecular formula is C15H13ClN2S. The van der Waals surface area contributed by atoms with Gasteiger partial charge in [-0.05, 0) is 29.8 Å². The predicted molar refractivity (Wildman–Crippen MR) is 81.6 cm³/mol. The van der Waals surface area contributed by atoms with E-state index in [1.165, 1.54) is 15.8 Å². The van der Waals surface area contributed by atoms with Crippen molar-refractivity contribution in [1.29, 1.82) is 0 Å². The molecule has 0 amide bonds. The van der Waals surface area contributed by atoms with Crippen molar-refractivity contribution in [2.24, 2.45) is 0 Å². The van der Waals surface area contributed by atoms with Crippen molar-refractivity contribution in [3.05, 3.63) is 63.4 Å². The average molecular weight is 289 g/mol. The fourth-order valence-corrected chi connectivity index (χ4v) is 3.13. The molecule has 0 aliphatic carbocycles. The number of hydrogen-bond donors (Lipinski definition) is 1. The molecule has 19 heavy (non-hydrogen) atoms. The van der Waals surface area contributed by atoms with Gasteiger partial charge in [0.2, 0.25) is 0 Å². The first-order valence-electron chi connectivity index (χ1n) is 6.10. The maximum absolute atomic E-state index is 5.92. The van der Waals surface area contributed by atoms with E-state index in [0.29, 0.717) is 0 Å². The Labute approximate surface area is 121 Å². The highest BCUT2D eigenvalue weighted by Crippen LogP contribution is 2.21. The minimum Gasteiger partial charge on any atom is -0.308 e. The van der Waals surface area contributed by atoms with Gasteiger partial charge in [-0.3, -0.25) is 4.98 Å². The SMILES string of the molecule is Clc1ccc(CNCc2ccnc3ccccc23)s1. The van der Waals surface area contributed by atoms with Crippen molar-refractivity contribution in [3.63, 3.8) is 0 Å². The van der Waals surface area contributed by atoms with Gasteiger partial charge in [0.1, 0.15) is 0 Å². The number of hydrogen-bond acceptors (Lipinski definition) is 3. The zero-order valence-electron chi connectivity index (χ0n) is 10.3. The van der Waals surface area contributed by atoms with Crippen LogP contribution >= 0.6 is 22.9 Å². The van der Waals surface area contributed by atoms with Crippen LogP contribution in [-0.2, 0) is 13.1 Å². The first-order chi connectivity index (χ1) is 9.33. The smallest absolute Gasteiger partial charge is 0.0931 e. The number of pyridine rings is 1. The summed E-state index contributed by atoms with van der Waals surface area (Å²) in [5.74, 6) is 0. The molecule has 0 fully saturated rings. The molecule has 2 heterocycles. The molecule has 0 atom stereocenters. The van der Waals surface area contributed by atoms with Crippen LogP contribution in [0.3, 0.4) is 0 Å². The fraction of sp³-hybridized carbons (Fsp3) is 0.133. The van der Waals surface area contributed by atoms with Crippen LogP contribution in [0.15, 0.2) is 48.7 Å². The van der Waals surface area contributed by atoms with Crippen LogP contribution in [0.2, 0.25) is 4.34 Å². The van der Waals surface area contributed by atoms with E-state index < -0.39 is 0 Å². The minimum absolute atomic E-state index is 0.832. The standard InChI is InChI=1S/C15H13ClN2S/c16-15-6-5-12(19-15)10-17-9-11-7-8-18-14-4-2-1-3-13(11)14/h1-8,17H,9-10H2. The van der Waals surface area contributed by atoms with E-state index in [1.54, 1.807) is 11.3 Å². The lowest BCUT2D eigenvalue weighted by atomic mass is 10.1. The van der Waals surface area contributed by atoms with Gasteiger partial charge in [0, 0.05) is 29.5 Å². The van der Waals surface area contributed by atoms with Crippen LogP contribution in [0.25, 0.3) is 10.9 Å². The maximum Gasteiger partial charge on any atom is 0.0931 e. The molecule has 0 radical (unpaired) electrons. The van der Waals surface area contributed by atoms with Crippen molar-refractivity contribution < 1.29 is 0 Å². The zero-order valence-corrected chi connectivity index (χ0v) is 11.8. The van der Waals surface area contributed by atoms with Gasteiger partial charge in [-0.2, -0.15) is 0 Å². The lowest BCUT2D eigenvalue weighted by molar-refractivity contribution is 0.704. The van der Waals surface area contributed by atoms with E-state index in [2.05, 4.69) is 28.5 Å². The second-order valence-corrected chi connectivity index (χ2v) is 6.10. The number of benzene rings is 1. The van der Waals surface area contributed by atoms with Gasteiger partial charge in [0.05, 0.1) is 9.85 Å². The summed E-state index contributed by atoms with van der Waals surface area (Å²) >= 11 is 7.53. The fourth-order valence-electron chi connectivity index (χ4n) is 2.08. The number of para-hydroxylation sites is 1. The Morgan fingerprint density at radius 2 is 1.95 bits per heavy atom. The zero-order chi connectivity index (χ0) is 13.1. The molecule has 0 spiro atoms. The van der Waals surface area contributed by atoms with Gasteiger partial charge in [0.25, 0.3) is 0 Å². The summed E-state index contributed by atoms with van der Waals surface area (Å²) in [4.78, 5) is 5.62. The van der Waals surface area contributed by atoms with Gasteiger partial charge in [-0.15, -0.1) is 11.3 Å². The quantitative estimate of drug-likeness (QED) is 0.777. The Morgan fingerprint density at radius 1 is 1.05 bits per heavy atom. The van der Waals surface area contributed by atoms with E-state index in [4.69, 9.17) is 11.6 Å². The molecule has 0 bridgehead atoms. The lowest BCUT2D eigenvalue weighted by Crippen LogP contribution is -2.12. The number of rotatable bonds is 4. The molecule has 0 aliphatic rings. The first-order valence-corrected chi connectivity index (χ1v) is 7.30. The summed E-state index contributed by atoms with van der Waals surface area (Å²) in [7, 11) is 0. The molecule has 1 aromatic carbocycles. The number of aromatic nitrogens is 1. The molecule has 2 aromatic heterocycles. The van der Waals surface area contributed by atoms with E-state index in [1.807, 2.05) is 30.5 Å². The van der Waals surface area contributed by atoms with Crippen molar-refractivity contribution >= 4 is 33.8 Å². The third kappa shape index (κ3) is 2.95. The molecule has 1 N–H and O–H groups in total. The molecule has 0 saturated heterocycles. The third-order valence-electron chi connectivity index (χ3n) is 2.98. The van der Waals surface area contributed by atoms with Gasteiger partial charge < -0.3 is 5.32 Å². The van der Waals surface area contributed by atoms with Gasteiger partial charge in [-0.25, -0.2) is 0 Å². The second kappa shape index (κ2) is 5.70. The lowest BCUT2D eigenvalue weighted by Gasteiger charge is -2.06. The van der Waals surface area contributed by atoms with Crippen molar-refractivity contribution in [2.45, 2.75) is 13.1 Å². The van der Waals surface area contributed by atoms with Gasteiger partial charge >= 0.3 is 0 Å². The monoisotopic (exact) mass is 288 g/mol. The van der Waals surface area contributed by atoms with Crippen LogP contribution in [0.4, 0.5) is 0 Å². The van der Waals surface area contributed by atoms with Gasteiger partial charge in [-0.1, -0.05) is 29.8 Å². The number of thiophene rings is 1. The topological polar surface area (TPSA) is 24.9 Å². The Kier molecular flexibility index (Phi) is 3.78. The summed E-state index contributed by atoms with van der Waals surface area (Å²) in [5, 5.41) is 4.66. The highest BCUT2D eigenvalue weighted by Gasteiger charge is 2.02. The van der Waals surface area contributed by atoms with Crippen molar-refractivity contribution in [1.82, 2.24) is 10.3 Å². The minimum atomic E-state index is 0.832. The molecule has 4 heteroatoms. The van der Waals surface area contributed by atoms with E-state index in [0.717, 1.165) is 22.9 Å². The van der Waals surface area contributed by atoms with Crippen LogP contribution in [0.5, 0.6) is 0 Å². The highest BCUT2D eigenvalue weighted by atomic mass is 35.5. The Bertz CT molecular complexity index is 688. The molecular weight excluding hydrogens is 276 g/mol. The molecule has 3 aromatic rings. The molecule has 0 aliphatic heterocycles. The van der Waals surface area contributed by atoms with E-state index >= 15 is 0 Å². The summed E-state index contributed by atoms with van der Waals surface area (Å²) < 4.78 is 0.839. The average Bonchev–Trinajstić information content (AvgIpc) is 2.85. The third-order valence-corrected chi connectivity index (χ3v) is 4.21. The Balaban J connectivity index is 1.71. The summed E-state index contributed by atoms with van der Waals surface area (Å²) in [6, 6.07) is 14.3. The molecule has 2 nitrogen and oxygen atoms in total. The van der Waals surface area contributed by atoms with Crippen LogP contribution < -0.4 is 5.32 Å². The first kappa shape index (κ1) is 12.6. The highest BCUT2D eigenvalue weighted by molar-refractivity contribution is 7.16. The normalized spacial score (nSPS) is 11.0. The van der Waals surface area contributed by atoms with Crippen molar-refractivity contribution in [2.75, 3.05) is 0 Å². The number of nitrogens with one attached hydrogen (secondary N) is 1. The van der Waals surface area contributed by atoms with Crippen LogP contribution in [-0.4, -0.2) is 4.98 Å². The summed E-state index contributed by atoms with van der Waals surface area (Å²) in [5.41, 5.74) is 2.31. The maximum atomic E-state index is 5.92. The summed E-state index contributed by atoms with van der Waals surface area (Å²) in [6.07, 6.45) is 1.86. The Morgan fingerprint density at radius 3 is 2.79 bits per heavy atom. The molecule has 0 saturated carbocycles. The second-order valence-electron chi connectivity index (χ2n) is 4.30. The van der Waals surface area contributed by atoms with Crippen LogP contribution in [0, 0.1) is 0 Å². The molecule has 96 valence electrons. The summed E-state index contributed by atoms with van der Waals surface area (Å²) in [6.45, 7) is 1.67. The van der Waals surface area contributed by atoms with Gasteiger partial charge in [0.15, 0.2) is 0 Å². The number of fused-ring (bicyclic) bond motifs is 1. The van der Waals surface area contributed by atoms with E-state index in [9.17, 15) is 0 Å². The predicted octanol–water partition coefficient (Wildman–Crippen LogP) is 4.24. The van der Waals surface area contributed by atoms with Crippen LogP contribution in [0.1, 0.15) is 10.4 Å². The number of nitrogens with zero attached hydrogens (tertiary/aromatic N) is 1. The van der Waals surface area contributed by atoms with Crippen molar-refractivity contribution in [3.8, 4) is 0 Å². The van der Waals surface area contributed by atoms with E-state index in [-0.39, 0.29) is 0 Å². The molecule has 3 rings (SSSR count). The largest absolute Gasteiger partial charge is 0.308 e. The molecule has 0 unspecified atom stereocenters. The Hall–Kier alpha value is -1.42. The number of halogens is 1.